The number of sulfonamides is 1. The first-order valence-corrected chi connectivity index (χ1v) is 8.37. The van der Waals surface area contributed by atoms with Crippen LogP contribution in [0.1, 0.15) is 32.3 Å². The summed E-state index contributed by atoms with van der Waals surface area (Å²) in [5.41, 5.74) is 0.529. The Morgan fingerprint density at radius 2 is 2.14 bits per heavy atom. The summed E-state index contributed by atoms with van der Waals surface area (Å²) in [7, 11) is -1.97. The number of hydrogen-bond donors (Lipinski definition) is 1. The second-order valence-electron chi connectivity index (χ2n) is 4.98. The number of aliphatic hydroxyl groups excluding tert-OH is 1. The van der Waals surface area contributed by atoms with E-state index >= 15 is 0 Å². The second-order valence-corrected chi connectivity index (χ2v) is 7.03. The Kier molecular flexibility index (Phi) is 6.82. The number of aromatic nitrogens is 1. The van der Waals surface area contributed by atoms with E-state index in [1.54, 1.807) is 7.05 Å². The van der Waals surface area contributed by atoms with Gasteiger partial charge in [0.15, 0.2) is 0 Å². The topological polar surface area (TPSA) is 70.5 Å². The summed E-state index contributed by atoms with van der Waals surface area (Å²) in [5, 5.41) is 8.69. The summed E-state index contributed by atoms with van der Waals surface area (Å²) >= 11 is 0. The fourth-order valence-electron chi connectivity index (χ4n) is 1.69. The first-order valence-electron chi connectivity index (χ1n) is 6.93. The third kappa shape index (κ3) is 5.12. The lowest BCUT2D eigenvalue weighted by molar-refractivity contribution is 0.305. The fraction of sp³-hybridized carbons (Fsp3) is 0.533. The quantitative estimate of drug-likeness (QED) is 0.808. The molecule has 0 aliphatic rings. The van der Waals surface area contributed by atoms with Gasteiger partial charge in [-0.3, -0.25) is 4.98 Å². The Labute approximate surface area is 127 Å². The molecule has 1 rings (SSSR count). The van der Waals surface area contributed by atoms with Crippen LogP contribution in [0.25, 0.3) is 0 Å². The molecule has 0 saturated heterocycles. The SMILES string of the molecule is CCC(C)CN(C)S(=O)(=O)c1cncc(C#CCCO)c1. The standard InChI is InChI=1S/C15H22N2O3S/c1-4-13(2)12-17(3)21(19,20)15-9-14(10-16-11-15)7-5-6-8-18/h9-11,13,18H,4,6,8,12H2,1-3H3. The molecule has 0 aliphatic heterocycles. The van der Waals surface area contributed by atoms with Gasteiger partial charge in [0.2, 0.25) is 10.0 Å². The van der Waals surface area contributed by atoms with Gasteiger partial charge in [0.25, 0.3) is 0 Å². The van der Waals surface area contributed by atoms with Gasteiger partial charge in [0, 0.05) is 38.0 Å². The Hall–Kier alpha value is -1.42. The maximum Gasteiger partial charge on any atom is 0.244 e. The van der Waals surface area contributed by atoms with E-state index in [0.717, 1.165) is 6.42 Å². The summed E-state index contributed by atoms with van der Waals surface area (Å²) in [6.07, 6.45) is 4.12. The van der Waals surface area contributed by atoms with Crippen LogP contribution >= 0.6 is 0 Å². The van der Waals surface area contributed by atoms with Crippen molar-refractivity contribution in [3.05, 3.63) is 24.0 Å². The molecular weight excluding hydrogens is 288 g/mol. The molecule has 0 aromatic carbocycles. The van der Waals surface area contributed by atoms with Crippen molar-refractivity contribution >= 4 is 10.0 Å². The van der Waals surface area contributed by atoms with Crippen molar-refractivity contribution in [3.63, 3.8) is 0 Å². The minimum Gasteiger partial charge on any atom is -0.395 e. The van der Waals surface area contributed by atoms with Gasteiger partial charge in [-0.2, -0.15) is 0 Å². The Balaban J connectivity index is 2.99. The number of rotatable bonds is 6. The largest absolute Gasteiger partial charge is 0.395 e. The average Bonchev–Trinajstić information content (AvgIpc) is 2.47. The molecule has 1 atom stereocenters. The lowest BCUT2D eigenvalue weighted by atomic mass is 10.1. The van der Waals surface area contributed by atoms with Gasteiger partial charge in [-0.1, -0.05) is 32.1 Å². The second kappa shape index (κ2) is 8.13. The molecule has 116 valence electrons. The minimum absolute atomic E-state index is 0.0178. The molecule has 1 aromatic heterocycles. The summed E-state index contributed by atoms with van der Waals surface area (Å²) in [4.78, 5) is 4.08. The zero-order valence-electron chi connectivity index (χ0n) is 12.7. The molecule has 1 aromatic rings. The van der Waals surface area contributed by atoms with E-state index < -0.39 is 10.0 Å². The van der Waals surface area contributed by atoms with Gasteiger partial charge < -0.3 is 5.11 Å². The van der Waals surface area contributed by atoms with Gasteiger partial charge in [-0.25, -0.2) is 12.7 Å². The van der Waals surface area contributed by atoms with Crippen LogP contribution in [0.5, 0.6) is 0 Å². The van der Waals surface area contributed by atoms with Gasteiger partial charge in [0.1, 0.15) is 4.90 Å². The molecule has 21 heavy (non-hydrogen) atoms. The Bertz CT molecular complexity index is 617. The molecular formula is C15H22N2O3S. The van der Waals surface area contributed by atoms with E-state index in [-0.39, 0.29) is 11.5 Å². The molecule has 0 spiro atoms. The zero-order valence-corrected chi connectivity index (χ0v) is 13.5. The third-order valence-electron chi connectivity index (χ3n) is 3.16. The third-order valence-corrected chi connectivity index (χ3v) is 4.95. The molecule has 0 aliphatic carbocycles. The van der Waals surface area contributed by atoms with Crippen LogP contribution in [-0.4, -0.2) is 43.0 Å². The van der Waals surface area contributed by atoms with E-state index in [0.29, 0.717) is 24.4 Å². The van der Waals surface area contributed by atoms with Crippen LogP contribution in [0.4, 0.5) is 0 Å². The van der Waals surface area contributed by atoms with Crippen LogP contribution in [-0.2, 0) is 10.0 Å². The smallest absolute Gasteiger partial charge is 0.244 e. The lowest BCUT2D eigenvalue weighted by Gasteiger charge is -2.20. The van der Waals surface area contributed by atoms with Crippen LogP contribution in [0.3, 0.4) is 0 Å². The maximum atomic E-state index is 12.5. The Morgan fingerprint density at radius 1 is 1.43 bits per heavy atom. The van der Waals surface area contributed by atoms with Crippen LogP contribution in [0.15, 0.2) is 23.4 Å². The van der Waals surface area contributed by atoms with E-state index in [1.165, 1.54) is 22.8 Å². The number of hydrogen-bond acceptors (Lipinski definition) is 4. The predicted octanol–water partition coefficient (Wildman–Crippen LogP) is 1.48. The zero-order chi connectivity index (χ0) is 15.9. The summed E-state index contributed by atoms with van der Waals surface area (Å²) in [5.74, 6) is 5.84. The van der Waals surface area contributed by atoms with Crippen LogP contribution in [0.2, 0.25) is 0 Å². The van der Waals surface area contributed by atoms with Gasteiger partial charge in [-0.15, -0.1) is 0 Å². The highest BCUT2D eigenvalue weighted by atomic mass is 32.2. The van der Waals surface area contributed by atoms with Crippen molar-refractivity contribution in [1.82, 2.24) is 9.29 Å². The van der Waals surface area contributed by atoms with Gasteiger partial charge in [0.05, 0.1) is 6.61 Å². The predicted molar refractivity (Wildman–Crippen MR) is 82.1 cm³/mol. The van der Waals surface area contributed by atoms with E-state index in [2.05, 4.69) is 16.8 Å². The first-order chi connectivity index (χ1) is 9.91. The average molecular weight is 310 g/mol. The van der Waals surface area contributed by atoms with Crippen molar-refractivity contribution in [2.24, 2.45) is 5.92 Å². The number of nitrogens with zero attached hydrogens (tertiary/aromatic N) is 2. The molecule has 0 bridgehead atoms. The minimum atomic E-state index is -3.54. The molecule has 5 nitrogen and oxygen atoms in total. The van der Waals surface area contributed by atoms with Crippen LogP contribution in [0, 0.1) is 17.8 Å². The molecule has 0 radical (unpaired) electrons. The molecule has 6 heteroatoms. The van der Waals surface area contributed by atoms with Gasteiger partial charge >= 0.3 is 0 Å². The van der Waals surface area contributed by atoms with Crippen molar-refractivity contribution in [3.8, 4) is 11.8 Å². The highest BCUT2D eigenvalue weighted by Crippen LogP contribution is 2.16. The first kappa shape index (κ1) is 17.6. The molecule has 1 unspecified atom stereocenters. The highest BCUT2D eigenvalue weighted by Gasteiger charge is 2.22. The fourth-order valence-corrected chi connectivity index (χ4v) is 2.98. The van der Waals surface area contributed by atoms with E-state index in [4.69, 9.17) is 5.11 Å². The van der Waals surface area contributed by atoms with Crippen LogP contribution < -0.4 is 0 Å². The normalized spacial score (nSPS) is 12.8. The van der Waals surface area contributed by atoms with Crippen molar-refractivity contribution in [2.45, 2.75) is 31.6 Å². The summed E-state index contributed by atoms with van der Waals surface area (Å²) in [6, 6.07) is 1.51. The number of pyridine rings is 1. The van der Waals surface area contributed by atoms with Crippen molar-refractivity contribution < 1.29 is 13.5 Å². The number of aliphatic hydroxyl groups is 1. The maximum absolute atomic E-state index is 12.5. The molecule has 0 fully saturated rings. The summed E-state index contributed by atoms with van der Waals surface area (Å²) in [6.45, 7) is 4.50. The summed E-state index contributed by atoms with van der Waals surface area (Å²) < 4.78 is 26.3. The van der Waals surface area contributed by atoms with Crippen molar-refractivity contribution in [2.75, 3.05) is 20.2 Å². The Morgan fingerprint density at radius 3 is 2.76 bits per heavy atom. The molecule has 1 N–H and O–H groups in total. The monoisotopic (exact) mass is 310 g/mol. The highest BCUT2D eigenvalue weighted by molar-refractivity contribution is 7.89. The molecule has 0 saturated carbocycles. The van der Waals surface area contributed by atoms with Gasteiger partial charge in [-0.05, 0) is 12.0 Å². The lowest BCUT2D eigenvalue weighted by Crippen LogP contribution is -2.31. The van der Waals surface area contributed by atoms with E-state index in [1.807, 2.05) is 13.8 Å². The molecule has 1 heterocycles. The van der Waals surface area contributed by atoms with Crippen molar-refractivity contribution in [1.29, 1.82) is 0 Å². The van der Waals surface area contributed by atoms with E-state index in [9.17, 15) is 8.42 Å². The molecule has 0 amide bonds.